The van der Waals surface area contributed by atoms with E-state index in [0.717, 1.165) is 4.90 Å². The van der Waals surface area contributed by atoms with Crippen molar-refractivity contribution < 1.29 is 36.1 Å². The fraction of sp³-hybridized carbons (Fsp3) is 0.462. The third-order valence-corrected chi connectivity index (χ3v) is 4.39. The van der Waals surface area contributed by atoms with Gasteiger partial charge in [-0.1, -0.05) is 0 Å². The number of rotatable bonds is 5. The SMILES string of the molecule is O=C(Cc1ccco1)NNC(=O)[C@@H]1CCC2CN1C(=O)N2OS(=O)(=O)O. The van der Waals surface area contributed by atoms with Crippen LogP contribution >= 0.6 is 0 Å². The van der Waals surface area contributed by atoms with E-state index in [1.54, 1.807) is 12.1 Å². The molecule has 2 bridgehead atoms. The molecule has 2 aliphatic heterocycles. The van der Waals surface area contributed by atoms with Crippen molar-refractivity contribution in [1.82, 2.24) is 20.8 Å². The van der Waals surface area contributed by atoms with Crippen molar-refractivity contribution >= 4 is 28.2 Å². The van der Waals surface area contributed by atoms with E-state index >= 15 is 0 Å². The van der Waals surface area contributed by atoms with Gasteiger partial charge in [0.05, 0.1) is 18.7 Å². The molecule has 0 saturated carbocycles. The first kappa shape index (κ1) is 18.2. The Bertz CT molecular complexity index is 808. The quantitative estimate of drug-likeness (QED) is 0.427. The Balaban J connectivity index is 1.56. The van der Waals surface area contributed by atoms with E-state index in [1.807, 2.05) is 0 Å². The molecule has 12 nitrogen and oxygen atoms in total. The van der Waals surface area contributed by atoms with Gasteiger partial charge in [-0.2, -0.15) is 13.5 Å². The molecular formula is C13H16N4O8S. The minimum absolute atomic E-state index is 0.0623. The predicted octanol–water partition coefficient (Wildman–Crippen LogP) is -1.03. The molecule has 2 aliphatic rings. The van der Waals surface area contributed by atoms with Crippen LogP contribution in [0.15, 0.2) is 22.8 Å². The van der Waals surface area contributed by atoms with Crippen molar-refractivity contribution in [3.05, 3.63) is 24.2 Å². The summed E-state index contributed by atoms with van der Waals surface area (Å²) in [6, 6.07) is 0.876. The molecule has 0 aromatic carbocycles. The number of furan rings is 1. The Morgan fingerprint density at radius 2 is 2.12 bits per heavy atom. The molecule has 3 heterocycles. The van der Waals surface area contributed by atoms with E-state index in [4.69, 9.17) is 8.97 Å². The number of carbonyl (C=O) groups excluding carboxylic acids is 3. The second-order valence-electron chi connectivity index (χ2n) is 5.80. The van der Waals surface area contributed by atoms with Crippen LogP contribution in [0.25, 0.3) is 0 Å². The number of piperidine rings is 1. The van der Waals surface area contributed by atoms with Gasteiger partial charge >= 0.3 is 16.4 Å². The first-order chi connectivity index (χ1) is 12.2. The zero-order valence-electron chi connectivity index (χ0n) is 13.3. The topological polar surface area (TPSA) is 158 Å². The Kier molecular flexibility index (Phi) is 4.84. The average molecular weight is 388 g/mol. The summed E-state index contributed by atoms with van der Waals surface area (Å²) >= 11 is 0. The molecule has 2 saturated heterocycles. The summed E-state index contributed by atoms with van der Waals surface area (Å²) < 4.78 is 39.7. The highest BCUT2D eigenvalue weighted by molar-refractivity contribution is 7.80. The third kappa shape index (κ3) is 3.95. The molecule has 0 spiro atoms. The molecule has 13 heteroatoms. The summed E-state index contributed by atoms with van der Waals surface area (Å²) in [7, 11) is -4.85. The van der Waals surface area contributed by atoms with Gasteiger partial charge in [-0.25, -0.2) is 4.79 Å². The Hall–Kier alpha value is -2.64. The molecule has 2 fully saturated rings. The van der Waals surface area contributed by atoms with Crippen molar-refractivity contribution in [2.24, 2.45) is 0 Å². The fourth-order valence-electron chi connectivity index (χ4n) is 2.93. The minimum atomic E-state index is -4.85. The summed E-state index contributed by atoms with van der Waals surface area (Å²) in [5, 5.41) is 0.540. The number of hydrogen-bond acceptors (Lipinski definition) is 7. The normalized spacial score (nSPS) is 22.4. The van der Waals surface area contributed by atoms with Crippen molar-refractivity contribution in [3.63, 3.8) is 0 Å². The van der Waals surface area contributed by atoms with Gasteiger partial charge in [0.1, 0.15) is 11.8 Å². The van der Waals surface area contributed by atoms with E-state index < -0.39 is 40.3 Å². The number of hydrogen-bond donors (Lipinski definition) is 3. The molecule has 142 valence electrons. The first-order valence-corrected chi connectivity index (χ1v) is 8.99. The Morgan fingerprint density at radius 3 is 2.77 bits per heavy atom. The lowest BCUT2D eigenvalue weighted by Crippen LogP contribution is -2.54. The number of nitrogens with zero attached hydrogens (tertiary/aromatic N) is 2. The number of hydroxylamine groups is 2. The van der Waals surface area contributed by atoms with Crippen LogP contribution < -0.4 is 10.9 Å². The van der Waals surface area contributed by atoms with Gasteiger partial charge in [0.15, 0.2) is 0 Å². The highest BCUT2D eigenvalue weighted by Gasteiger charge is 2.49. The monoisotopic (exact) mass is 388 g/mol. The number of amides is 4. The van der Waals surface area contributed by atoms with Crippen LogP contribution in [0, 0.1) is 0 Å². The second-order valence-corrected chi connectivity index (χ2v) is 6.81. The summed E-state index contributed by atoms with van der Waals surface area (Å²) in [5.74, 6) is -0.714. The summed E-state index contributed by atoms with van der Waals surface area (Å²) in [5.41, 5.74) is 4.45. The molecule has 0 aliphatic carbocycles. The van der Waals surface area contributed by atoms with Crippen molar-refractivity contribution in [3.8, 4) is 0 Å². The number of nitrogens with one attached hydrogen (secondary N) is 2. The predicted molar refractivity (Wildman–Crippen MR) is 82.1 cm³/mol. The molecule has 26 heavy (non-hydrogen) atoms. The lowest BCUT2D eigenvalue weighted by Gasteiger charge is -2.29. The average Bonchev–Trinajstić information content (AvgIpc) is 3.15. The molecule has 3 rings (SSSR count). The van der Waals surface area contributed by atoms with Crippen LogP contribution in [0.2, 0.25) is 0 Å². The van der Waals surface area contributed by atoms with Crippen LogP contribution in [0.3, 0.4) is 0 Å². The largest absolute Gasteiger partial charge is 0.469 e. The van der Waals surface area contributed by atoms with E-state index in [2.05, 4.69) is 15.1 Å². The molecule has 1 aromatic heterocycles. The Labute approximate surface area is 147 Å². The van der Waals surface area contributed by atoms with Gasteiger partial charge in [0.2, 0.25) is 5.91 Å². The number of hydrazine groups is 1. The zero-order chi connectivity index (χ0) is 18.9. The molecule has 2 atom stereocenters. The van der Waals surface area contributed by atoms with Crippen molar-refractivity contribution in [2.45, 2.75) is 31.3 Å². The summed E-state index contributed by atoms with van der Waals surface area (Å²) in [6.07, 6.45) is 1.87. The standard InChI is InChI=1S/C13H16N4O8S/c18-11(6-9-2-1-5-24-9)14-15-12(19)10-4-3-8-7-16(10)13(20)17(8)25-26(21,22)23/h1-2,5,8,10H,3-4,6-7H2,(H,14,18)(H,15,19)(H,21,22,23)/t8?,10-/m0/s1. The second kappa shape index (κ2) is 6.93. The maximum absolute atomic E-state index is 12.3. The molecule has 1 aromatic rings. The van der Waals surface area contributed by atoms with Gasteiger partial charge in [0, 0.05) is 6.54 Å². The molecular weight excluding hydrogens is 372 g/mol. The van der Waals surface area contributed by atoms with E-state index in [9.17, 15) is 22.8 Å². The summed E-state index contributed by atoms with van der Waals surface area (Å²) in [6.45, 7) is 0.0623. The maximum Gasteiger partial charge on any atom is 0.418 e. The minimum Gasteiger partial charge on any atom is -0.469 e. The highest BCUT2D eigenvalue weighted by atomic mass is 32.3. The van der Waals surface area contributed by atoms with Gasteiger partial charge < -0.3 is 9.32 Å². The number of fused-ring (bicyclic) bond motifs is 2. The lowest BCUT2D eigenvalue weighted by molar-refractivity contribution is -0.131. The van der Waals surface area contributed by atoms with Gasteiger partial charge in [-0.05, 0) is 25.0 Å². The van der Waals surface area contributed by atoms with Crippen LogP contribution in [-0.2, 0) is 30.7 Å². The van der Waals surface area contributed by atoms with E-state index in [0.29, 0.717) is 10.8 Å². The van der Waals surface area contributed by atoms with Crippen molar-refractivity contribution in [2.75, 3.05) is 6.54 Å². The van der Waals surface area contributed by atoms with Crippen molar-refractivity contribution in [1.29, 1.82) is 0 Å². The maximum atomic E-state index is 12.3. The highest BCUT2D eigenvalue weighted by Crippen LogP contribution is 2.30. The Morgan fingerprint density at radius 1 is 1.35 bits per heavy atom. The smallest absolute Gasteiger partial charge is 0.418 e. The third-order valence-electron chi connectivity index (χ3n) is 4.04. The van der Waals surface area contributed by atoms with E-state index in [1.165, 1.54) is 6.26 Å². The summed E-state index contributed by atoms with van der Waals surface area (Å²) in [4.78, 5) is 37.3. The lowest BCUT2D eigenvalue weighted by atomic mass is 10.0. The van der Waals surface area contributed by atoms with E-state index in [-0.39, 0.29) is 25.8 Å². The molecule has 1 unspecified atom stereocenters. The fourth-order valence-corrected chi connectivity index (χ4v) is 3.32. The van der Waals surface area contributed by atoms with Crippen LogP contribution in [0.5, 0.6) is 0 Å². The number of urea groups is 1. The van der Waals surface area contributed by atoms with Crippen LogP contribution in [0.4, 0.5) is 4.79 Å². The van der Waals surface area contributed by atoms with Gasteiger partial charge in [-0.3, -0.25) is 25.0 Å². The molecule has 3 N–H and O–H groups in total. The molecule has 4 amide bonds. The van der Waals surface area contributed by atoms with Crippen LogP contribution in [-0.4, -0.2) is 59.4 Å². The van der Waals surface area contributed by atoms with Gasteiger partial charge in [-0.15, -0.1) is 4.28 Å². The number of carbonyl (C=O) groups is 3. The zero-order valence-corrected chi connectivity index (χ0v) is 14.1. The van der Waals surface area contributed by atoms with Gasteiger partial charge in [0.25, 0.3) is 5.91 Å². The molecule has 0 radical (unpaired) electrons. The van der Waals surface area contributed by atoms with Crippen LogP contribution in [0.1, 0.15) is 18.6 Å². The first-order valence-electron chi connectivity index (χ1n) is 7.62.